The summed E-state index contributed by atoms with van der Waals surface area (Å²) in [5, 5.41) is 9.95. The zero-order valence-electron chi connectivity index (χ0n) is 13.1. The van der Waals surface area contributed by atoms with E-state index >= 15 is 0 Å². The Labute approximate surface area is 135 Å². The van der Waals surface area contributed by atoms with Crippen molar-refractivity contribution in [2.45, 2.75) is 24.4 Å². The Kier molecular flexibility index (Phi) is 3.57. The number of rotatable bonds is 3. The van der Waals surface area contributed by atoms with Gasteiger partial charge in [-0.05, 0) is 24.6 Å². The number of nitriles is 1. The third-order valence-electron chi connectivity index (χ3n) is 4.61. The molecule has 116 valence electrons. The molecule has 0 spiro atoms. The van der Waals surface area contributed by atoms with Crippen LogP contribution in [0.2, 0.25) is 0 Å². The average Bonchev–Trinajstić information content (AvgIpc) is 2.88. The number of cyclic esters (lactones) is 1. The number of esters is 1. The molecule has 3 rings (SSSR count). The molecule has 4 nitrogen and oxygen atoms in total. The number of benzene rings is 2. The molecule has 0 aromatic heterocycles. The third kappa shape index (κ3) is 2.17. The molecule has 1 aliphatic rings. The molecule has 4 heteroatoms. The lowest BCUT2D eigenvalue weighted by Crippen LogP contribution is -2.42. The van der Waals surface area contributed by atoms with Crippen molar-refractivity contribution in [3.05, 3.63) is 65.7 Å². The summed E-state index contributed by atoms with van der Waals surface area (Å²) in [4.78, 5) is 12.1. The lowest BCUT2D eigenvalue weighted by molar-refractivity contribution is -0.146. The molecule has 0 radical (unpaired) electrons. The van der Waals surface area contributed by atoms with Crippen LogP contribution in [0, 0.1) is 11.3 Å². The van der Waals surface area contributed by atoms with Gasteiger partial charge < -0.3 is 9.47 Å². The van der Waals surface area contributed by atoms with E-state index in [2.05, 4.69) is 6.07 Å². The van der Waals surface area contributed by atoms with Crippen molar-refractivity contribution in [2.24, 2.45) is 0 Å². The quantitative estimate of drug-likeness (QED) is 0.816. The van der Waals surface area contributed by atoms with Crippen molar-refractivity contribution in [1.29, 1.82) is 5.26 Å². The first-order valence-electron chi connectivity index (χ1n) is 7.39. The van der Waals surface area contributed by atoms with Crippen LogP contribution in [-0.4, -0.2) is 13.1 Å². The predicted molar refractivity (Wildman–Crippen MR) is 84.8 cm³/mol. The molecule has 0 amide bonds. The molecule has 1 aliphatic heterocycles. The number of methoxy groups -OCH3 is 1. The lowest BCUT2D eigenvalue weighted by atomic mass is 9.66. The summed E-state index contributed by atoms with van der Waals surface area (Å²) in [6.07, 6.45) is 0.163. The predicted octanol–water partition coefficient (Wildman–Crippen LogP) is 3.32. The van der Waals surface area contributed by atoms with Gasteiger partial charge in [0.15, 0.2) is 0 Å². The van der Waals surface area contributed by atoms with E-state index in [-0.39, 0.29) is 12.4 Å². The normalized spacial score (nSPS) is 26.4. The van der Waals surface area contributed by atoms with Crippen LogP contribution in [0.3, 0.4) is 0 Å². The van der Waals surface area contributed by atoms with Crippen LogP contribution in [0.15, 0.2) is 54.6 Å². The fraction of sp³-hybridized carbons (Fsp3) is 0.263. The Hall–Kier alpha value is -2.80. The Morgan fingerprint density at radius 3 is 2.30 bits per heavy atom. The van der Waals surface area contributed by atoms with E-state index in [1.54, 1.807) is 31.4 Å². The highest BCUT2D eigenvalue weighted by Gasteiger charge is 2.60. The first-order valence-corrected chi connectivity index (χ1v) is 7.39. The van der Waals surface area contributed by atoms with E-state index < -0.39 is 11.0 Å². The molecule has 2 aromatic carbocycles. The maximum Gasteiger partial charge on any atom is 0.308 e. The molecule has 23 heavy (non-hydrogen) atoms. The van der Waals surface area contributed by atoms with E-state index in [9.17, 15) is 10.1 Å². The lowest BCUT2D eigenvalue weighted by Gasteiger charge is -2.36. The van der Waals surface area contributed by atoms with Crippen LogP contribution in [-0.2, 0) is 20.5 Å². The molecule has 1 heterocycles. The van der Waals surface area contributed by atoms with Crippen molar-refractivity contribution >= 4 is 5.97 Å². The summed E-state index contributed by atoms with van der Waals surface area (Å²) in [6, 6.07) is 18.9. The fourth-order valence-electron chi connectivity index (χ4n) is 3.26. The number of carbonyl (C=O) groups is 1. The Balaban J connectivity index is 2.18. The molecular formula is C19H17NO3. The second-order valence-corrected chi connectivity index (χ2v) is 5.87. The van der Waals surface area contributed by atoms with Gasteiger partial charge in [-0.3, -0.25) is 4.79 Å². The number of hydrogen-bond donors (Lipinski definition) is 0. The molecule has 0 unspecified atom stereocenters. The van der Waals surface area contributed by atoms with Gasteiger partial charge in [0, 0.05) is 5.56 Å². The van der Waals surface area contributed by atoms with Crippen LogP contribution < -0.4 is 4.74 Å². The first-order chi connectivity index (χ1) is 11.1. The topological polar surface area (TPSA) is 59.3 Å². The van der Waals surface area contributed by atoms with Crippen molar-refractivity contribution in [1.82, 2.24) is 0 Å². The first kappa shape index (κ1) is 15.1. The number of ether oxygens (including phenoxy) is 2. The zero-order valence-corrected chi connectivity index (χ0v) is 13.1. The zero-order chi connectivity index (χ0) is 16.5. The SMILES string of the molecule is COc1ccc([C@]2(C#N)OC(=O)C[C@@]2(C)c2ccccc2)cc1. The summed E-state index contributed by atoms with van der Waals surface area (Å²) >= 11 is 0. The van der Waals surface area contributed by atoms with Crippen molar-refractivity contribution < 1.29 is 14.3 Å². The van der Waals surface area contributed by atoms with Gasteiger partial charge in [0.25, 0.3) is 0 Å². The molecule has 2 atom stereocenters. The van der Waals surface area contributed by atoms with Crippen LogP contribution in [0.25, 0.3) is 0 Å². The summed E-state index contributed by atoms with van der Waals surface area (Å²) < 4.78 is 10.8. The van der Waals surface area contributed by atoms with Crippen LogP contribution in [0.4, 0.5) is 0 Å². The fourth-order valence-corrected chi connectivity index (χ4v) is 3.26. The molecule has 1 fully saturated rings. The van der Waals surface area contributed by atoms with E-state index in [4.69, 9.17) is 9.47 Å². The highest BCUT2D eigenvalue weighted by molar-refractivity contribution is 5.77. The highest BCUT2D eigenvalue weighted by Crippen LogP contribution is 2.52. The van der Waals surface area contributed by atoms with Crippen LogP contribution >= 0.6 is 0 Å². The second-order valence-electron chi connectivity index (χ2n) is 5.87. The van der Waals surface area contributed by atoms with Gasteiger partial charge in [-0.2, -0.15) is 5.26 Å². The van der Waals surface area contributed by atoms with Crippen molar-refractivity contribution in [3.8, 4) is 11.8 Å². The summed E-state index contributed by atoms with van der Waals surface area (Å²) in [5.41, 5.74) is -0.548. The maximum atomic E-state index is 12.1. The second kappa shape index (κ2) is 5.44. The van der Waals surface area contributed by atoms with Crippen LogP contribution in [0.1, 0.15) is 24.5 Å². The van der Waals surface area contributed by atoms with Crippen molar-refractivity contribution in [3.63, 3.8) is 0 Å². The minimum absolute atomic E-state index is 0.163. The molecule has 2 aromatic rings. The van der Waals surface area contributed by atoms with Crippen LogP contribution in [0.5, 0.6) is 5.75 Å². The Morgan fingerprint density at radius 2 is 1.74 bits per heavy atom. The van der Waals surface area contributed by atoms with Crippen molar-refractivity contribution in [2.75, 3.05) is 7.11 Å². The molecule has 1 saturated heterocycles. The standard InChI is InChI=1S/C19H17NO3/c1-18(14-6-4-3-5-7-14)12-17(21)23-19(18,13-20)15-8-10-16(22-2)11-9-15/h3-11H,12H2,1-2H3/t18-,19-/m0/s1. The summed E-state index contributed by atoms with van der Waals surface area (Å²) in [5.74, 6) is 0.321. The molecule has 0 bridgehead atoms. The molecule has 0 saturated carbocycles. The summed E-state index contributed by atoms with van der Waals surface area (Å²) in [7, 11) is 1.58. The monoisotopic (exact) mass is 307 g/mol. The van der Waals surface area contributed by atoms with Gasteiger partial charge in [-0.25, -0.2) is 0 Å². The van der Waals surface area contributed by atoms with E-state index in [1.807, 2.05) is 37.3 Å². The van der Waals surface area contributed by atoms with E-state index in [1.165, 1.54) is 0 Å². The van der Waals surface area contributed by atoms with Gasteiger partial charge in [0.2, 0.25) is 5.60 Å². The molecule has 0 aliphatic carbocycles. The van der Waals surface area contributed by atoms with Gasteiger partial charge >= 0.3 is 5.97 Å². The largest absolute Gasteiger partial charge is 0.497 e. The Bertz CT molecular complexity index is 763. The average molecular weight is 307 g/mol. The number of nitrogens with zero attached hydrogens (tertiary/aromatic N) is 1. The minimum atomic E-state index is -1.35. The smallest absolute Gasteiger partial charge is 0.308 e. The third-order valence-corrected chi connectivity index (χ3v) is 4.61. The number of carbonyl (C=O) groups excluding carboxylic acids is 1. The van der Waals surface area contributed by atoms with Gasteiger partial charge in [0.1, 0.15) is 11.8 Å². The minimum Gasteiger partial charge on any atom is -0.497 e. The van der Waals surface area contributed by atoms with Gasteiger partial charge in [0.05, 0.1) is 18.9 Å². The van der Waals surface area contributed by atoms with E-state index in [0.717, 1.165) is 5.56 Å². The van der Waals surface area contributed by atoms with Gasteiger partial charge in [-0.15, -0.1) is 0 Å². The van der Waals surface area contributed by atoms with Gasteiger partial charge in [-0.1, -0.05) is 42.5 Å². The summed E-state index contributed by atoms with van der Waals surface area (Å²) in [6.45, 7) is 1.90. The Morgan fingerprint density at radius 1 is 1.09 bits per heavy atom. The number of hydrogen-bond acceptors (Lipinski definition) is 4. The molecular weight excluding hydrogens is 290 g/mol. The maximum absolute atomic E-state index is 12.1. The molecule has 0 N–H and O–H groups in total. The highest BCUT2D eigenvalue weighted by atomic mass is 16.6. The van der Waals surface area contributed by atoms with E-state index in [0.29, 0.717) is 11.3 Å².